The Bertz CT molecular complexity index is 453. The van der Waals surface area contributed by atoms with Crippen molar-refractivity contribution >= 4 is 29.1 Å². The lowest BCUT2D eigenvalue weighted by atomic mass is 9.89. The van der Waals surface area contributed by atoms with E-state index in [0.717, 1.165) is 37.8 Å². The fourth-order valence-electron chi connectivity index (χ4n) is 2.45. The summed E-state index contributed by atoms with van der Waals surface area (Å²) in [6, 6.07) is 5.36. The van der Waals surface area contributed by atoms with Gasteiger partial charge in [-0.1, -0.05) is 11.6 Å². The first-order valence-corrected chi connectivity index (χ1v) is 7.56. The zero-order chi connectivity index (χ0) is 13.8. The fraction of sp³-hybridized carbons (Fsp3) is 0.533. The van der Waals surface area contributed by atoms with Crippen LogP contribution < -0.4 is 5.32 Å². The van der Waals surface area contributed by atoms with Gasteiger partial charge in [0.25, 0.3) is 5.91 Å². The standard InChI is InChI=1S/C15H19Cl2NO/c1-10-8-12(4-7-14(10)17)15(19)18-9-11-2-5-13(16)6-3-11/h4,7-8,11,13H,2-3,5-6,9H2,1H3,(H,18,19). The summed E-state index contributed by atoms with van der Waals surface area (Å²) in [5, 5.41) is 4.02. The summed E-state index contributed by atoms with van der Waals surface area (Å²) >= 11 is 12.0. The van der Waals surface area contributed by atoms with E-state index in [-0.39, 0.29) is 5.91 Å². The predicted octanol–water partition coefficient (Wildman–Crippen LogP) is 4.18. The first-order valence-electron chi connectivity index (χ1n) is 6.74. The number of hydrogen-bond donors (Lipinski definition) is 1. The maximum absolute atomic E-state index is 12.0. The summed E-state index contributed by atoms with van der Waals surface area (Å²) in [7, 11) is 0. The molecule has 1 fully saturated rings. The van der Waals surface area contributed by atoms with Crippen molar-refractivity contribution in [3.05, 3.63) is 34.3 Å². The van der Waals surface area contributed by atoms with Crippen molar-refractivity contribution < 1.29 is 4.79 Å². The Kier molecular flexibility index (Phi) is 5.12. The molecule has 1 amide bonds. The SMILES string of the molecule is Cc1cc(C(=O)NCC2CCC(Cl)CC2)ccc1Cl. The fourth-order valence-corrected chi connectivity index (χ4v) is 2.82. The number of benzene rings is 1. The van der Waals surface area contributed by atoms with Crippen LogP contribution in [0.15, 0.2) is 18.2 Å². The van der Waals surface area contributed by atoms with E-state index in [0.29, 0.717) is 21.9 Å². The molecule has 0 heterocycles. The van der Waals surface area contributed by atoms with Gasteiger partial charge in [0.1, 0.15) is 0 Å². The quantitative estimate of drug-likeness (QED) is 0.834. The molecule has 1 N–H and O–H groups in total. The monoisotopic (exact) mass is 299 g/mol. The highest BCUT2D eigenvalue weighted by Crippen LogP contribution is 2.27. The van der Waals surface area contributed by atoms with Crippen LogP contribution in [-0.4, -0.2) is 17.8 Å². The molecule has 1 aromatic carbocycles. The van der Waals surface area contributed by atoms with Gasteiger partial charge in [0.2, 0.25) is 0 Å². The molecule has 0 bridgehead atoms. The Morgan fingerprint density at radius 1 is 1.32 bits per heavy atom. The van der Waals surface area contributed by atoms with E-state index >= 15 is 0 Å². The summed E-state index contributed by atoms with van der Waals surface area (Å²) in [6.07, 6.45) is 4.33. The number of aryl methyl sites for hydroxylation is 1. The first kappa shape index (κ1) is 14.7. The molecule has 4 heteroatoms. The van der Waals surface area contributed by atoms with Crippen LogP contribution in [-0.2, 0) is 0 Å². The summed E-state index contributed by atoms with van der Waals surface area (Å²) in [6.45, 7) is 2.64. The van der Waals surface area contributed by atoms with Crippen LogP contribution >= 0.6 is 23.2 Å². The molecule has 0 aliphatic heterocycles. The van der Waals surface area contributed by atoms with Crippen LogP contribution in [0.4, 0.5) is 0 Å². The molecule has 0 unspecified atom stereocenters. The average Bonchev–Trinajstić information content (AvgIpc) is 2.41. The number of halogens is 2. The van der Waals surface area contributed by atoms with Gasteiger partial charge < -0.3 is 5.32 Å². The molecule has 0 aromatic heterocycles. The molecular formula is C15H19Cl2NO. The molecule has 1 aliphatic carbocycles. The van der Waals surface area contributed by atoms with Crippen LogP contribution in [0.5, 0.6) is 0 Å². The molecule has 1 saturated carbocycles. The summed E-state index contributed by atoms with van der Waals surface area (Å²) < 4.78 is 0. The van der Waals surface area contributed by atoms with E-state index in [4.69, 9.17) is 23.2 Å². The minimum Gasteiger partial charge on any atom is -0.352 e. The van der Waals surface area contributed by atoms with Crippen molar-refractivity contribution in [1.82, 2.24) is 5.32 Å². The number of rotatable bonds is 3. The maximum Gasteiger partial charge on any atom is 0.251 e. The van der Waals surface area contributed by atoms with Gasteiger partial charge in [-0.15, -0.1) is 11.6 Å². The molecule has 0 atom stereocenters. The van der Waals surface area contributed by atoms with Crippen molar-refractivity contribution in [2.24, 2.45) is 5.92 Å². The van der Waals surface area contributed by atoms with Crippen LogP contribution in [0.25, 0.3) is 0 Å². The van der Waals surface area contributed by atoms with Crippen molar-refractivity contribution in [3.63, 3.8) is 0 Å². The maximum atomic E-state index is 12.0. The third-order valence-electron chi connectivity index (χ3n) is 3.75. The second-order valence-corrected chi connectivity index (χ2v) is 6.32. The lowest BCUT2D eigenvalue weighted by molar-refractivity contribution is 0.0943. The van der Waals surface area contributed by atoms with E-state index in [2.05, 4.69) is 5.32 Å². The predicted molar refractivity (Wildman–Crippen MR) is 80.1 cm³/mol. The Labute approximate surface area is 124 Å². The number of carbonyl (C=O) groups excluding carboxylic acids is 1. The number of nitrogens with one attached hydrogen (secondary N) is 1. The second kappa shape index (κ2) is 6.62. The van der Waals surface area contributed by atoms with Crippen molar-refractivity contribution in [2.75, 3.05) is 6.54 Å². The number of amides is 1. The van der Waals surface area contributed by atoms with Gasteiger partial charge in [-0.3, -0.25) is 4.79 Å². The average molecular weight is 300 g/mol. The number of hydrogen-bond acceptors (Lipinski definition) is 1. The third-order valence-corrected chi connectivity index (χ3v) is 4.61. The van der Waals surface area contributed by atoms with Crippen LogP contribution in [0.3, 0.4) is 0 Å². The van der Waals surface area contributed by atoms with Crippen molar-refractivity contribution in [3.8, 4) is 0 Å². The van der Waals surface area contributed by atoms with E-state index in [1.807, 2.05) is 13.0 Å². The molecule has 0 saturated heterocycles. The molecule has 1 aromatic rings. The van der Waals surface area contributed by atoms with E-state index in [1.54, 1.807) is 12.1 Å². The van der Waals surface area contributed by atoms with Gasteiger partial charge in [0.15, 0.2) is 0 Å². The van der Waals surface area contributed by atoms with Crippen molar-refractivity contribution in [2.45, 2.75) is 38.0 Å². The Hall–Kier alpha value is -0.730. The van der Waals surface area contributed by atoms with E-state index in [9.17, 15) is 4.79 Å². The minimum absolute atomic E-state index is 0.0206. The minimum atomic E-state index is -0.0206. The smallest absolute Gasteiger partial charge is 0.251 e. The molecule has 0 spiro atoms. The Morgan fingerprint density at radius 2 is 2.00 bits per heavy atom. The van der Waals surface area contributed by atoms with Gasteiger partial charge in [0.05, 0.1) is 0 Å². The van der Waals surface area contributed by atoms with E-state index < -0.39 is 0 Å². The van der Waals surface area contributed by atoms with Crippen LogP contribution in [0, 0.1) is 12.8 Å². The highest BCUT2D eigenvalue weighted by Gasteiger charge is 2.20. The number of alkyl halides is 1. The largest absolute Gasteiger partial charge is 0.352 e. The summed E-state index contributed by atoms with van der Waals surface area (Å²) in [5.74, 6) is 0.542. The second-order valence-electron chi connectivity index (χ2n) is 5.29. The molecule has 2 nitrogen and oxygen atoms in total. The molecule has 2 rings (SSSR count). The number of carbonyl (C=O) groups is 1. The summed E-state index contributed by atoms with van der Waals surface area (Å²) in [5.41, 5.74) is 1.60. The molecule has 19 heavy (non-hydrogen) atoms. The lowest BCUT2D eigenvalue weighted by Gasteiger charge is -2.25. The topological polar surface area (TPSA) is 29.1 Å². The van der Waals surface area contributed by atoms with Crippen LogP contribution in [0.2, 0.25) is 5.02 Å². The zero-order valence-corrected chi connectivity index (χ0v) is 12.6. The molecule has 1 aliphatic rings. The normalized spacial score (nSPS) is 23.1. The van der Waals surface area contributed by atoms with Gasteiger partial charge in [-0.25, -0.2) is 0 Å². The van der Waals surface area contributed by atoms with Gasteiger partial charge in [-0.2, -0.15) is 0 Å². The van der Waals surface area contributed by atoms with Crippen molar-refractivity contribution in [1.29, 1.82) is 0 Å². The highest BCUT2D eigenvalue weighted by molar-refractivity contribution is 6.31. The van der Waals surface area contributed by atoms with Gasteiger partial charge in [-0.05, 0) is 62.3 Å². The highest BCUT2D eigenvalue weighted by atomic mass is 35.5. The first-order chi connectivity index (χ1) is 9.06. The zero-order valence-electron chi connectivity index (χ0n) is 11.1. The Morgan fingerprint density at radius 3 is 2.63 bits per heavy atom. The summed E-state index contributed by atoms with van der Waals surface area (Å²) in [4.78, 5) is 12.0. The lowest BCUT2D eigenvalue weighted by Crippen LogP contribution is -2.31. The third kappa shape index (κ3) is 4.12. The van der Waals surface area contributed by atoms with Crippen LogP contribution in [0.1, 0.15) is 41.6 Å². The van der Waals surface area contributed by atoms with Gasteiger partial charge >= 0.3 is 0 Å². The molecule has 104 valence electrons. The Balaban J connectivity index is 1.85. The molecule has 0 radical (unpaired) electrons. The van der Waals surface area contributed by atoms with E-state index in [1.165, 1.54) is 0 Å². The van der Waals surface area contributed by atoms with Gasteiger partial charge in [0, 0.05) is 22.5 Å². The molecular weight excluding hydrogens is 281 g/mol.